The van der Waals surface area contributed by atoms with Gasteiger partial charge in [-0.05, 0) is 42.2 Å². The molecule has 2 aromatic carbocycles. The third kappa shape index (κ3) is 6.24. The molecule has 2 aliphatic rings. The lowest BCUT2D eigenvalue weighted by Gasteiger charge is -2.46. The molecule has 2 aliphatic heterocycles. The van der Waals surface area contributed by atoms with Crippen LogP contribution in [0.1, 0.15) is 35.1 Å². The van der Waals surface area contributed by atoms with Crippen LogP contribution in [0, 0.1) is 0 Å². The first-order chi connectivity index (χ1) is 17.4. The van der Waals surface area contributed by atoms with E-state index >= 15 is 0 Å². The van der Waals surface area contributed by atoms with Crippen LogP contribution < -0.4 is 5.32 Å². The Labute approximate surface area is 209 Å². The molecule has 200 valence electrons. The van der Waals surface area contributed by atoms with Gasteiger partial charge < -0.3 is 10.1 Å². The van der Waals surface area contributed by atoms with Crippen molar-refractivity contribution in [1.82, 2.24) is 15.3 Å². The van der Waals surface area contributed by atoms with E-state index in [1.165, 1.54) is 5.01 Å². The molecule has 4 rings (SSSR count). The van der Waals surface area contributed by atoms with Crippen molar-refractivity contribution in [3.05, 3.63) is 70.8 Å². The number of hydrazine groups is 1. The van der Waals surface area contributed by atoms with E-state index in [0.717, 1.165) is 5.56 Å². The highest BCUT2D eigenvalue weighted by molar-refractivity contribution is 5.92. The van der Waals surface area contributed by atoms with Crippen LogP contribution in [-0.4, -0.2) is 54.6 Å². The third-order valence-electron chi connectivity index (χ3n) is 6.74. The van der Waals surface area contributed by atoms with E-state index in [1.54, 1.807) is 5.01 Å². The number of hydrogen-bond donors (Lipinski definition) is 1. The van der Waals surface area contributed by atoms with Crippen molar-refractivity contribution < 1.29 is 40.7 Å². The molecule has 2 aromatic rings. The first kappa shape index (κ1) is 26.9. The zero-order valence-corrected chi connectivity index (χ0v) is 19.7. The summed E-state index contributed by atoms with van der Waals surface area (Å²) in [7, 11) is 0. The maximum atomic E-state index is 13.2. The van der Waals surface area contributed by atoms with Gasteiger partial charge in [0.05, 0.1) is 30.9 Å². The number of carbonyl (C=O) groups is 2. The molecule has 0 bridgehead atoms. The van der Waals surface area contributed by atoms with Gasteiger partial charge in [-0.3, -0.25) is 14.6 Å². The van der Waals surface area contributed by atoms with Crippen LogP contribution in [0.5, 0.6) is 0 Å². The SMILES string of the molecule is O=C1CN(N2CCC(COCc3cc(C(F)(F)F)cc(C(F)(F)F)c3)(c3ccccc3)CC2)C(=O)CN1. The van der Waals surface area contributed by atoms with Crippen molar-refractivity contribution in [1.29, 1.82) is 0 Å². The van der Waals surface area contributed by atoms with Gasteiger partial charge in [-0.1, -0.05) is 30.3 Å². The van der Waals surface area contributed by atoms with Gasteiger partial charge in [0, 0.05) is 18.5 Å². The van der Waals surface area contributed by atoms with Gasteiger partial charge in [0.2, 0.25) is 5.91 Å². The smallest absolute Gasteiger partial charge is 0.376 e. The normalized spacial score (nSPS) is 19.1. The molecule has 0 saturated carbocycles. The Kier molecular flexibility index (Phi) is 7.52. The Bertz CT molecular complexity index is 1100. The fourth-order valence-corrected chi connectivity index (χ4v) is 4.74. The van der Waals surface area contributed by atoms with Crippen LogP contribution in [0.3, 0.4) is 0 Å². The predicted octanol–water partition coefficient (Wildman–Crippen LogP) is 4.15. The molecule has 0 unspecified atom stereocenters. The maximum Gasteiger partial charge on any atom is 0.416 e. The molecule has 1 N–H and O–H groups in total. The van der Waals surface area contributed by atoms with Crippen LogP contribution in [0.15, 0.2) is 48.5 Å². The van der Waals surface area contributed by atoms with Crippen molar-refractivity contribution in [3.63, 3.8) is 0 Å². The quantitative estimate of drug-likeness (QED) is 0.572. The number of piperidine rings is 1. The first-order valence-corrected chi connectivity index (χ1v) is 11.6. The van der Waals surface area contributed by atoms with Gasteiger partial charge in [-0.15, -0.1) is 0 Å². The molecule has 0 aliphatic carbocycles. The van der Waals surface area contributed by atoms with Crippen molar-refractivity contribution in [3.8, 4) is 0 Å². The van der Waals surface area contributed by atoms with Crippen molar-refractivity contribution in [2.75, 3.05) is 32.8 Å². The highest BCUT2D eigenvalue weighted by Crippen LogP contribution is 2.38. The minimum Gasteiger partial charge on any atom is -0.376 e. The number of piperazine rings is 1. The summed E-state index contributed by atoms with van der Waals surface area (Å²) in [4.78, 5) is 24.0. The van der Waals surface area contributed by atoms with Gasteiger partial charge in [0.25, 0.3) is 5.91 Å². The number of nitrogens with one attached hydrogen (secondary N) is 1. The van der Waals surface area contributed by atoms with E-state index in [0.29, 0.717) is 38.1 Å². The molecule has 0 atom stereocenters. The van der Waals surface area contributed by atoms with E-state index in [4.69, 9.17) is 4.74 Å². The molecule has 0 radical (unpaired) electrons. The predicted molar refractivity (Wildman–Crippen MR) is 120 cm³/mol. The number of amides is 2. The Morgan fingerprint density at radius 2 is 1.49 bits per heavy atom. The summed E-state index contributed by atoms with van der Waals surface area (Å²) in [5, 5.41) is 5.70. The van der Waals surface area contributed by atoms with Gasteiger partial charge in [0.1, 0.15) is 6.54 Å². The summed E-state index contributed by atoms with van der Waals surface area (Å²) < 4.78 is 85.0. The summed E-state index contributed by atoms with van der Waals surface area (Å²) in [6.45, 7) is 0.287. The van der Waals surface area contributed by atoms with E-state index in [2.05, 4.69) is 5.32 Å². The van der Waals surface area contributed by atoms with Crippen LogP contribution in [0.2, 0.25) is 0 Å². The molecule has 6 nitrogen and oxygen atoms in total. The summed E-state index contributed by atoms with van der Waals surface area (Å²) in [5.41, 5.74) is -2.66. The number of benzene rings is 2. The summed E-state index contributed by atoms with van der Waals surface area (Å²) >= 11 is 0. The molecular weight excluding hydrogens is 504 g/mol. The maximum absolute atomic E-state index is 13.2. The lowest BCUT2D eigenvalue weighted by Crippen LogP contribution is -2.61. The molecule has 2 saturated heterocycles. The second-order valence-electron chi connectivity index (χ2n) is 9.24. The zero-order valence-electron chi connectivity index (χ0n) is 19.7. The average Bonchev–Trinajstić information content (AvgIpc) is 2.85. The fraction of sp³-hybridized carbons (Fsp3) is 0.440. The standard InChI is InChI=1S/C25H25F6N3O3/c26-24(27,28)19-10-17(11-20(12-19)25(29,30)31)15-37-16-23(18-4-2-1-3-5-18)6-8-33(9-7-23)34-14-21(35)32-13-22(34)36/h1-5,10-12H,6-9,13-16H2,(H,32,35). The lowest BCUT2D eigenvalue weighted by molar-refractivity contribution is -0.161. The van der Waals surface area contributed by atoms with E-state index < -0.39 is 35.5 Å². The van der Waals surface area contributed by atoms with E-state index in [1.807, 2.05) is 30.3 Å². The Hall–Kier alpha value is -3.12. The number of rotatable bonds is 6. The van der Waals surface area contributed by atoms with Crippen molar-refractivity contribution in [2.24, 2.45) is 0 Å². The summed E-state index contributed by atoms with van der Waals surface area (Å²) in [6, 6.07) is 10.7. The lowest BCUT2D eigenvalue weighted by atomic mass is 9.73. The van der Waals surface area contributed by atoms with Gasteiger partial charge in [-0.2, -0.15) is 26.3 Å². The summed E-state index contributed by atoms with van der Waals surface area (Å²) in [6.07, 6.45) is -8.87. The molecule has 12 heteroatoms. The first-order valence-electron chi connectivity index (χ1n) is 11.6. The molecule has 2 fully saturated rings. The second kappa shape index (κ2) is 10.3. The van der Waals surface area contributed by atoms with Gasteiger partial charge in [0.15, 0.2) is 0 Å². The number of carbonyl (C=O) groups excluding carboxylic acids is 2. The van der Waals surface area contributed by atoms with Gasteiger partial charge >= 0.3 is 12.4 Å². The number of hydrogen-bond acceptors (Lipinski definition) is 4. The molecule has 0 aromatic heterocycles. The highest BCUT2D eigenvalue weighted by Gasteiger charge is 2.40. The third-order valence-corrected chi connectivity index (χ3v) is 6.74. The van der Waals surface area contributed by atoms with Crippen LogP contribution in [0.4, 0.5) is 26.3 Å². The monoisotopic (exact) mass is 529 g/mol. The molecule has 2 heterocycles. The average molecular weight is 529 g/mol. The van der Waals surface area contributed by atoms with Crippen molar-refractivity contribution in [2.45, 2.75) is 37.2 Å². The Balaban J connectivity index is 1.50. The number of ether oxygens (including phenoxy) is 1. The largest absolute Gasteiger partial charge is 0.416 e. The summed E-state index contributed by atoms with van der Waals surface area (Å²) in [5.74, 6) is -0.491. The van der Waals surface area contributed by atoms with Crippen LogP contribution in [0.25, 0.3) is 0 Å². The molecular formula is C25H25F6N3O3. The zero-order chi connectivity index (χ0) is 26.8. The number of nitrogens with zero attached hydrogens (tertiary/aromatic N) is 2. The minimum absolute atomic E-state index is 0.0525. The number of halogens is 6. The van der Waals surface area contributed by atoms with Crippen LogP contribution in [-0.2, 0) is 38.7 Å². The van der Waals surface area contributed by atoms with Gasteiger partial charge in [-0.25, -0.2) is 5.01 Å². The topological polar surface area (TPSA) is 61.9 Å². The number of alkyl halides is 6. The van der Waals surface area contributed by atoms with E-state index in [-0.39, 0.29) is 43.1 Å². The van der Waals surface area contributed by atoms with Crippen molar-refractivity contribution >= 4 is 11.8 Å². The molecule has 2 amide bonds. The molecule has 37 heavy (non-hydrogen) atoms. The fourth-order valence-electron chi connectivity index (χ4n) is 4.74. The minimum atomic E-state index is -4.93. The van der Waals surface area contributed by atoms with Crippen LogP contribution >= 0.6 is 0 Å². The van der Waals surface area contributed by atoms with E-state index in [9.17, 15) is 35.9 Å². The Morgan fingerprint density at radius 3 is 2.05 bits per heavy atom. The highest BCUT2D eigenvalue weighted by atomic mass is 19.4. The molecule has 0 spiro atoms. The Morgan fingerprint density at radius 1 is 0.892 bits per heavy atom. The second-order valence-corrected chi connectivity index (χ2v) is 9.24.